The Hall–Kier alpha value is -3.03. The number of aromatic nitrogens is 1. The summed E-state index contributed by atoms with van der Waals surface area (Å²) in [6, 6.07) is 2.86. The summed E-state index contributed by atoms with van der Waals surface area (Å²) in [5, 5.41) is 14.2. The number of anilines is 1. The molecule has 1 saturated heterocycles. The third-order valence-corrected chi connectivity index (χ3v) is 7.17. The fourth-order valence-electron chi connectivity index (χ4n) is 3.93. The number of aliphatic carboxylic acids is 1. The van der Waals surface area contributed by atoms with E-state index in [1.54, 1.807) is 26.0 Å². The lowest BCUT2D eigenvalue weighted by atomic mass is 10.0. The second-order valence-electron chi connectivity index (χ2n) is 9.30. The van der Waals surface area contributed by atoms with Gasteiger partial charge < -0.3 is 26.4 Å². The molecule has 1 fully saturated rings. The summed E-state index contributed by atoms with van der Waals surface area (Å²) >= 11 is 1.29. The van der Waals surface area contributed by atoms with Gasteiger partial charge in [-0.3, -0.25) is 14.6 Å². The minimum absolute atomic E-state index is 0. The molecule has 14 heteroatoms. The van der Waals surface area contributed by atoms with Crippen LogP contribution in [0.3, 0.4) is 0 Å². The molecule has 1 aliphatic heterocycles. The zero-order chi connectivity index (χ0) is 28.0. The van der Waals surface area contributed by atoms with E-state index in [-0.39, 0.29) is 43.3 Å². The number of pyridine rings is 1. The van der Waals surface area contributed by atoms with Crippen molar-refractivity contribution in [2.75, 3.05) is 17.6 Å². The topological polar surface area (TPSA) is 138 Å². The van der Waals surface area contributed by atoms with Gasteiger partial charge in [0.1, 0.15) is 11.9 Å². The molecule has 2 heterocycles. The minimum Gasteiger partial charge on any atom is -0.480 e. The lowest BCUT2D eigenvalue weighted by molar-refractivity contribution is -0.138. The van der Waals surface area contributed by atoms with E-state index < -0.39 is 52.7 Å². The largest absolute Gasteiger partial charge is 0.480 e. The molecule has 214 valence electrons. The van der Waals surface area contributed by atoms with Crippen molar-refractivity contribution in [3.63, 3.8) is 0 Å². The van der Waals surface area contributed by atoms with Gasteiger partial charge in [-0.2, -0.15) is 0 Å². The van der Waals surface area contributed by atoms with Crippen LogP contribution in [0.15, 0.2) is 30.5 Å². The predicted molar refractivity (Wildman–Crippen MR) is 144 cm³/mol. The number of carbonyl (C=O) groups is 3. The van der Waals surface area contributed by atoms with Crippen LogP contribution in [0.25, 0.3) is 0 Å². The fourth-order valence-corrected chi connectivity index (χ4v) is 5.09. The molecule has 0 aliphatic carbocycles. The van der Waals surface area contributed by atoms with E-state index in [4.69, 9.17) is 5.73 Å². The van der Waals surface area contributed by atoms with Crippen LogP contribution in [-0.4, -0.2) is 62.5 Å². The van der Waals surface area contributed by atoms with E-state index in [0.717, 1.165) is 6.07 Å². The number of nitrogens with two attached hydrogens (primary N) is 1. The summed E-state index contributed by atoms with van der Waals surface area (Å²) in [7, 11) is 0. The average Bonchev–Trinajstić information content (AvgIpc) is 3.35. The number of hydrogen-bond donors (Lipinski definition) is 4. The highest BCUT2D eigenvalue weighted by molar-refractivity contribution is 8.00. The number of rotatable bonds is 11. The molecule has 3 rings (SSSR count). The van der Waals surface area contributed by atoms with Gasteiger partial charge in [-0.25, -0.2) is 18.0 Å². The number of nitrogens with zero attached hydrogens (tertiary/aromatic N) is 2. The van der Waals surface area contributed by atoms with Crippen LogP contribution in [0.2, 0.25) is 0 Å². The van der Waals surface area contributed by atoms with Gasteiger partial charge in [-0.05, 0) is 36.1 Å². The molecule has 1 unspecified atom stereocenters. The van der Waals surface area contributed by atoms with Crippen molar-refractivity contribution in [1.82, 2.24) is 15.2 Å². The molecule has 1 aromatic carbocycles. The van der Waals surface area contributed by atoms with Crippen LogP contribution in [0.5, 0.6) is 0 Å². The van der Waals surface area contributed by atoms with E-state index >= 15 is 0 Å². The van der Waals surface area contributed by atoms with Gasteiger partial charge in [-0.1, -0.05) is 13.8 Å². The predicted octanol–water partition coefficient (Wildman–Crippen LogP) is 2.92. The smallest absolute Gasteiger partial charge is 0.326 e. The monoisotopic (exact) mass is 589 g/mol. The Morgan fingerprint density at radius 3 is 2.49 bits per heavy atom. The Morgan fingerprint density at radius 2 is 1.87 bits per heavy atom. The summed E-state index contributed by atoms with van der Waals surface area (Å²) in [6.07, 6.45) is 1.11. The van der Waals surface area contributed by atoms with Crippen molar-refractivity contribution >= 4 is 47.6 Å². The molecular formula is C25H31ClF3N5O4S. The third-order valence-electron chi connectivity index (χ3n) is 5.97. The van der Waals surface area contributed by atoms with E-state index in [2.05, 4.69) is 15.6 Å². The molecule has 2 aromatic rings. The Morgan fingerprint density at radius 1 is 1.18 bits per heavy atom. The maximum atomic E-state index is 13.9. The first-order chi connectivity index (χ1) is 18.0. The summed E-state index contributed by atoms with van der Waals surface area (Å²) in [4.78, 5) is 42.6. The lowest BCUT2D eigenvalue weighted by Crippen LogP contribution is -2.46. The molecule has 1 aliphatic rings. The van der Waals surface area contributed by atoms with E-state index in [0.29, 0.717) is 29.7 Å². The molecule has 9 nitrogen and oxygen atoms in total. The van der Waals surface area contributed by atoms with Crippen LogP contribution in [-0.2, 0) is 27.3 Å². The molecule has 0 saturated carbocycles. The molecule has 39 heavy (non-hydrogen) atoms. The first kappa shape index (κ1) is 32.2. The standard InChI is InChI=1S/C25H30F3N5O4S.ClH/c1-13(2)22(25(36)37)32-17-4-3-16(30-12-17)11-31-23(35)24-33(5-6-38-24)21(34)9-15(29)7-14-8-19(27)20(28)10-18(14)26;/h3-4,8,10,12-13,15,22,24,32H,5-7,9,11,29H2,1-2H3,(H,31,35)(H,36,37);1H/t15-,22?,24+;/m1./s1. The first-order valence-corrected chi connectivity index (χ1v) is 13.0. The second-order valence-corrected chi connectivity index (χ2v) is 10.5. The highest BCUT2D eigenvalue weighted by Gasteiger charge is 2.35. The molecule has 0 spiro atoms. The number of carboxylic acids is 1. The van der Waals surface area contributed by atoms with Gasteiger partial charge in [0.05, 0.1) is 24.1 Å². The lowest BCUT2D eigenvalue weighted by Gasteiger charge is -2.24. The van der Waals surface area contributed by atoms with Crippen LogP contribution >= 0.6 is 24.2 Å². The Balaban J connectivity index is 0.00000533. The van der Waals surface area contributed by atoms with Crippen LogP contribution in [0.1, 0.15) is 31.5 Å². The van der Waals surface area contributed by atoms with Gasteiger partial charge in [0.15, 0.2) is 17.0 Å². The van der Waals surface area contributed by atoms with E-state index in [1.807, 2.05) is 0 Å². The van der Waals surface area contributed by atoms with Crippen LogP contribution in [0.4, 0.5) is 18.9 Å². The number of hydrogen-bond acceptors (Lipinski definition) is 7. The van der Waals surface area contributed by atoms with Gasteiger partial charge in [-0.15, -0.1) is 24.2 Å². The second kappa shape index (κ2) is 14.4. The first-order valence-electron chi connectivity index (χ1n) is 12.0. The Kier molecular flexibility index (Phi) is 11.9. The average molecular weight is 590 g/mol. The number of carbonyl (C=O) groups excluding carboxylic acids is 2. The van der Waals surface area contributed by atoms with E-state index in [9.17, 15) is 32.7 Å². The number of halogens is 4. The van der Waals surface area contributed by atoms with Crippen molar-refractivity contribution in [3.05, 3.63) is 59.2 Å². The number of carboxylic acid groups (broad SMARTS) is 1. The van der Waals surface area contributed by atoms with Gasteiger partial charge >= 0.3 is 5.97 Å². The molecule has 2 amide bonds. The summed E-state index contributed by atoms with van der Waals surface area (Å²) in [5.41, 5.74) is 6.92. The molecule has 3 atom stereocenters. The van der Waals surface area contributed by atoms with Gasteiger partial charge in [0.2, 0.25) is 5.91 Å². The fraction of sp³-hybridized carbons (Fsp3) is 0.440. The molecule has 0 bridgehead atoms. The molecule has 1 aromatic heterocycles. The number of thioether (sulfide) groups is 1. The van der Waals surface area contributed by atoms with Crippen molar-refractivity contribution in [2.24, 2.45) is 11.7 Å². The Labute approximate surface area is 234 Å². The Bertz CT molecular complexity index is 1180. The van der Waals surface area contributed by atoms with Crippen molar-refractivity contribution in [1.29, 1.82) is 0 Å². The molecule has 0 radical (unpaired) electrons. The normalized spacial score (nSPS) is 16.4. The van der Waals surface area contributed by atoms with Gasteiger partial charge in [0.25, 0.3) is 5.91 Å². The summed E-state index contributed by atoms with van der Waals surface area (Å²) in [6.45, 7) is 4.00. The van der Waals surface area contributed by atoms with E-state index in [1.165, 1.54) is 22.9 Å². The highest BCUT2D eigenvalue weighted by atomic mass is 35.5. The third kappa shape index (κ3) is 8.73. The zero-order valence-corrected chi connectivity index (χ0v) is 23.0. The number of nitrogens with one attached hydrogen (secondary N) is 2. The zero-order valence-electron chi connectivity index (χ0n) is 21.3. The molecular weight excluding hydrogens is 559 g/mol. The van der Waals surface area contributed by atoms with Crippen LogP contribution < -0.4 is 16.4 Å². The minimum atomic E-state index is -1.31. The van der Waals surface area contributed by atoms with Crippen molar-refractivity contribution in [3.8, 4) is 0 Å². The number of benzene rings is 1. The number of amides is 2. The molecule has 5 N–H and O–H groups in total. The SMILES string of the molecule is CC(C)C(Nc1ccc(CNC(=O)[C@@H]2SCCN2C(=O)C[C@H](N)Cc2cc(F)c(F)cc2F)nc1)C(=O)O.Cl. The highest BCUT2D eigenvalue weighted by Crippen LogP contribution is 2.25. The quantitative estimate of drug-likeness (QED) is 0.294. The van der Waals surface area contributed by atoms with Crippen molar-refractivity contribution in [2.45, 2.75) is 50.7 Å². The maximum Gasteiger partial charge on any atom is 0.326 e. The van der Waals surface area contributed by atoms with Gasteiger partial charge in [0, 0.05) is 30.8 Å². The van der Waals surface area contributed by atoms with Crippen molar-refractivity contribution < 1.29 is 32.7 Å². The summed E-state index contributed by atoms with van der Waals surface area (Å²) in [5.74, 6) is -4.82. The maximum absolute atomic E-state index is 13.9. The summed E-state index contributed by atoms with van der Waals surface area (Å²) < 4.78 is 40.5. The van der Waals surface area contributed by atoms with Crippen LogP contribution in [0, 0.1) is 23.4 Å².